The molecule has 3 aromatic carbocycles. The molecule has 3 aromatic rings. The van der Waals surface area contributed by atoms with Gasteiger partial charge < -0.3 is 19.9 Å². The molecule has 1 fully saturated rings. The maximum atomic E-state index is 14.0. The van der Waals surface area contributed by atoms with Crippen molar-refractivity contribution in [1.29, 1.82) is 0 Å². The van der Waals surface area contributed by atoms with E-state index in [4.69, 9.17) is 27.9 Å². The van der Waals surface area contributed by atoms with Gasteiger partial charge in [-0.05, 0) is 42.5 Å². The number of halogens is 3. The Kier molecular flexibility index (Phi) is 7.55. The number of amides is 2. The third kappa shape index (κ3) is 5.61. The SMILES string of the molecule is O=C(COc1ccccc1Cl)Nc1cc(Cl)ccc1N1CCN(C(=O)c2ccccc2F)CC1. The zero-order valence-corrected chi connectivity index (χ0v) is 19.7. The van der Waals surface area contributed by atoms with Crippen molar-refractivity contribution in [1.82, 2.24) is 4.90 Å². The van der Waals surface area contributed by atoms with Crippen molar-refractivity contribution in [3.05, 3.63) is 88.2 Å². The number of nitrogens with one attached hydrogen (secondary N) is 1. The Morgan fingerprint density at radius 1 is 0.941 bits per heavy atom. The second kappa shape index (κ2) is 10.8. The van der Waals surface area contributed by atoms with Gasteiger partial charge >= 0.3 is 0 Å². The Bertz CT molecular complexity index is 1200. The molecule has 0 bridgehead atoms. The van der Waals surface area contributed by atoms with Gasteiger partial charge in [0.05, 0.1) is 22.0 Å². The highest BCUT2D eigenvalue weighted by Gasteiger charge is 2.25. The number of ether oxygens (including phenoxy) is 1. The first-order valence-corrected chi connectivity index (χ1v) is 11.4. The van der Waals surface area contributed by atoms with Gasteiger partial charge in [0, 0.05) is 31.2 Å². The first-order valence-electron chi connectivity index (χ1n) is 10.7. The van der Waals surface area contributed by atoms with E-state index in [2.05, 4.69) is 5.32 Å². The van der Waals surface area contributed by atoms with Crippen LogP contribution in [0.3, 0.4) is 0 Å². The fourth-order valence-corrected chi connectivity index (χ4v) is 4.09. The number of carbonyl (C=O) groups excluding carboxylic acids is 2. The highest BCUT2D eigenvalue weighted by atomic mass is 35.5. The minimum absolute atomic E-state index is 0.0638. The summed E-state index contributed by atoms with van der Waals surface area (Å²) in [5, 5.41) is 3.73. The molecule has 2 amide bonds. The Balaban J connectivity index is 1.40. The summed E-state index contributed by atoms with van der Waals surface area (Å²) in [5.74, 6) is -0.811. The van der Waals surface area contributed by atoms with Gasteiger partial charge in [-0.3, -0.25) is 9.59 Å². The van der Waals surface area contributed by atoms with Crippen LogP contribution >= 0.6 is 23.2 Å². The van der Waals surface area contributed by atoms with E-state index in [0.29, 0.717) is 47.7 Å². The standard InChI is InChI=1S/C25H22Cl2FN3O3/c26-17-9-10-22(21(15-17)29-24(32)16-34-23-8-4-2-6-19(23)27)30-11-13-31(14-12-30)25(33)18-5-1-3-7-20(18)28/h1-10,15H,11-14,16H2,(H,29,32). The molecular weight excluding hydrogens is 480 g/mol. The number of piperazine rings is 1. The lowest BCUT2D eigenvalue weighted by Gasteiger charge is -2.37. The molecule has 1 aliphatic heterocycles. The summed E-state index contributed by atoms with van der Waals surface area (Å²) in [6.45, 7) is 1.64. The van der Waals surface area contributed by atoms with Gasteiger partial charge in [0.15, 0.2) is 6.61 Å². The highest BCUT2D eigenvalue weighted by Crippen LogP contribution is 2.30. The molecule has 0 radical (unpaired) electrons. The minimum Gasteiger partial charge on any atom is -0.482 e. The fourth-order valence-electron chi connectivity index (χ4n) is 3.73. The summed E-state index contributed by atoms with van der Waals surface area (Å²) in [5.41, 5.74) is 1.37. The van der Waals surface area contributed by atoms with E-state index in [1.807, 2.05) is 11.0 Å². The predicted octanol–water partition coefficient (Wildman–Crippen LogP) is 5.11. The molecule has 0 aliphatic carbocycles. The Morgan fingerprint density at radius 2 is 1.65 bits per heavy atom. The van der Waals surface area contributed by atoms with Crippen LogP contribution in [0.2, 0.25) is 10.0 Å². The molecule has 4 rings (SSSR count). The van der Waals surface area contributed by atoms with Crippen LogP contribution in [0.1, 0.15) is 10.4 Å². The van der Waals surface area contributed by atoms with E-state index >= 15 is 0 Å². The molecule has 34 heavy (non-hydrogen) atoms. The predicted molar refractivity (Wildman–Crippen MR) is 132 cm³/mol. The van der Waals surface area contributed by atoms with Crippen LogP contribution in [0.15, 0.2) is 66.7 Å². The van der Waals surface area contributed by atoms with Crippen molar-refractivity contribution in [2.75, 3.05) is 43.0 Å². The summed E-state index contributed by atoms with van der Waals surface area (Å²) in [4.78, 5) is 28.9. The molecule has 0 spiro atoms. The number of hydrogen-bond donors (Lipinski definition) is 1. The van der Waals surface area contributed by atoms with Gasteiger partial charge in [0.2, 0.25) is 0 Å². The van der Waals surface area contributed by atoms with Crippen LogP contribution in [-0.2, 0) is 4.79 Å². The van der Waals surface area contributed by atoms with Gasteiger partial charge in [0.1, 0.15) is 11.6 Å². The average Bonchev–Trinajstić information content (AvgIpc) is 2.84. The van der Waals surface area contributed by atoms with Crippen LogP contribution < -0.4 is 15.0 Å². The zero-order chi connectivity index (χ0) is 24.1. The number of anilines is 2. The number of carbonyl (C=O) groups is 2. The van der Waals surface area contributed by atoms with Crippen LogP contribution in [0.4, 0.5) is 15.8 Å². The third-order valence-electron chi connectivity index (χ3n) is 5.44. The zero-order valence-electron chi connectivity index (χ0n) is 18.1. The molecule has 0 atom stereocenters. The quantitative estimate of drug-likeness (QED) is 0.509. The monoisotopic (exact) mass is 501 g/mol. The van der Waals surface area contributed by atoms with Crippen LogP contribution in [0.5, 0.6) is 5.75 Å². The second-order valence-electron chi connectivity index (χ2n) is 7.69. The lowest BCUT2D eigenvalue weighted by molar-refractivity contribution is -0.118. The second-order valence-corrected chi connectivity index (χ2v) is 8.53. The molecule has 176 valence electrons. The molecule has 1 saturated heterocycles. The van der Waals surface area contributed by atoms with Crippen molar-refractivity contribution >= 4 is 46.4 Å². The largest absolute Gasteiger partial charge is 0.482 e. The van der Waals surface area contributed by atoms with E-state index in [1.54, 1.807) is 53.4 Å². The van der Waals surface area contributed by atoms with Gasteiger partial charge in [-0.2, -0.15) is 0 Å². The molecule has 0 saturated carbocycles. The number of nitrogens with zero attached hydrogens (tertiary/aromatic N) is 2. The van der Waals surface area contributed by atoms with Crippen molar-refractivity contribution < 1.29 is 18.7 Å². The molecule has 1 aliphatic rings. The highest BCUT2D eigenvalue weighted by molar-refractivity contribution is 6.32. The van der Waals surface area contributed by atoms with E-state index in [0.717, 1.165) is 5.69 Å². The number of hydrogen-bond acceptors (Lipinski definition) is 4. The molecule has 0 aromatic heterocycles. The van der Waals surface area contributed by atoms with Crippen LogP contribution in [0.25, 0.3) is 0 Å². The van der Waals surface area contributed by atoms with Crippen LogP contribution in [0, 0.1) is 5.82 Å². The van der Waals surface area contributed by atoms with Gasteiger partial charge in [0.25, 0.3) is 11.8 Å². The van der Waals surface area contributed by atoms with E-state index in [9.17, 15) is 14.0 Å². The summed E-state index contributed by atoms with van der Waals surface area (Å²) in [6, 6.07) is 18.1. The lowest BCUT2D eigenvalue weighted by Crippen LogP contribution is -2.49. The molecular formula is C25H22Cl2FN3O3. The summed E-state index contributed by atoms with van der Waals surface area (Å²) in [7, 11) is 0. The fraction of sp³-hybridized carbons (Fsp3) is 0.200. The van der Waals surface area contributed by atoms with E-state index in [1.165, 1.54) is 12.1 Å². The van der Waals surface area contributed by atoms with Gasteiger partial charge in [-0.15, -0.1) is 0 Å². The third-order valence-corrected chi connectivity index (χ3v) is 5.99. The topological polar surface area (TPSA) is 61.9 Å². The minimum atomic E-state index is -0.531. The molecule has 1 N–H and O–H groups in total. The summed E-state index contributed by atoms with van der Waals surface area (Å²) >= 11 is 12.2. The first-order chi connectivity index (χ1) is 16.4. The van der Waals surface area contributed by atoms with E-state index in [-0.39, 0.29) is 24.0 Å². The molecule has 9 heteroatoms. The van der Waals surface area contributed by atoms with Crippen molar-refractivity contribution in [2.45, 2.75) is 0 Å². The van der Waals surface area contributed by atoms with Gasteiger partial charge in [-0.1, -0.05) is 47.5 Å². The number of rotatable bonds is 6. The van der Waals surface area contributed by atoms with Crippen molar-refractivity contribution in [3.8, 4) is 5.75 Å². The Hall–Kier alpha value is -3.29. The smallest absolute Gasteiger partial charge is 0.262 e. The van der Waals surface area contributed by atoms with Crippen molar-refractivity contribution in [2.24, 2.45) is 0 Å². The number of para-hydroxylation sites is 1. The first kappa shape index (κ1) is 23.9. The Labute approximate surface area is 206 Å². The number of benzene rings is 3. The van der Waals surface area contributed by atoms with Crippen molar-refractivity contribution in [3.63, 3.8) is 0 Å². The average molecular weight is 502 g/mol. The van der Waals surface area contributed by atoms with Gasteiger partial charge in [-0.25, -0.2) is 4.39 Å². The Morgan fingerprint density at radius 3 is 2.38 bits per heavy atom. The lowest BCUT2D eigenvalue weighted by atomic mass is 10.1. The maximum Gasteiger partial charge on any atom is 0.262 e. The summed E-state index contributed by atoms with van der Waals surface area (Å²) < 4.78 is 19.5. The molecule has 6 nitrogen and oxygen atoms in total. The molecule has 1 heterocycles. The molecule has 0 unspecified atom stereocenters. The normalized spacial score (nSPS) is 13.5. The maximum absolute atomic E-state index is 14.0. The van der Waals surface area contributed by atoms with Crippen LogP contribution in [-0.4, -0.2) is 49.5 Å². The van der Waals surface area contributed by atoms with E-state index < -0.39 is 5.82 Å². The summed E-state index contributed by atoms with van der Waals surface area (Å²) in [6.07, 6.45) is 0.